The average Bonchev–Trinajstić information content (AvgIpc) is 3.06. The fraction of sp³-hybridized carbons (Fsp3) is 0.0500. The number of fused-ring (bicyclic) bond motifs is 1. The molecule has 7 nitrogen and oxygen atoms in total. The number of hydrogen-bond acceptors (Lipinski definition) is 5. The zero-order chi connectivity index (χ0) is 19.5. The Balaban J connectivity index is 1.67. The fourth-order valence-corrected chi connectivity index (χ4v) is 3.22. The third-order valence-corrected chi connectivity index (χ3v) is 4.61. The standard InChI is InChI=1S/C20H15N5O2S/c26-25(27)17-9-3-5-14(11-17)13-21-24-19(22-23-20(24)28)12-16-8-4-7-15-6-1-2-10-18(15)16/h1-11,13H,12H2,(H,23,28)/b21-13-. The van der Waals surface area contributed by atoms with E-state index in [-0.39, 0.29) is 5.69 Å². The van der Waals surface area contributed by atoms with Crippen LogP contribution in [0.4, 0.5) is 5.69 Å². The van der Waals surface area contributed by atoms with Crippen LogP contribution in [-0.2, 0) is 6.42 Å². The van der Waals surface area contributed by atoms with Gasteiger partial charge >= 0.3 is 0 Å². The molecule has 138 valence electrons. The Morgan fingerprint density at radius 3 is 2.79 bits per heavy atom. The summed E-state index contributed by atoms with van der Waals surface area (Å²) in [4.78, 5) is 10.5. The van der Waals surface area contributed by atoms with E-state index in [2.05, 4.69) is 39.6 Å². The van der Waals surface area contributed by atoms with Crippen molar-refractivity contribution >= 4 is 34.9 Å². The lowest BCUT2D eigenvalue weighted by Crippen LogP contribution is -2.01. The maximum Gasteiger partial charge on any atom is 0.270 e. The Kier molecular flexibility index (Phi) is 4.77. The molecule has 0 atom stereocenters. The van der Waals surface area contributed by atoms with E-state index >= 15 is 0 Å². The van der Waals surface area contributed by atoms with Gasteiger partial charge in [-0.2, -0.15) is 14.9 Å². The molecule has 0 saturated heterocycles. The van der Waals surface area contributed by atoms with E-state index in [1.54, 1.807) is 12.1 Å². The van der Waals surface area contributed by atoms with E-state index in [4.69, 9.17) is 12.2 Å². The van der Waals surface area contributed by atoms with Crippen molar-refractivity contribution in [3.05, 3.63) is 98.6 Å². The van der Waals surface area contributed by atoms with Crippen LogP contribution in [-0.4, -0.2) is 26.0 Å². The number of aromatic amines is 1. The lowest BCUT2D eigenvalue weighted by Gasteiger charge is -2.06. The monoisotopic (exact) mass is 389 g/mol. The summed E-state index contributed by atoms with van der Waals surface area (Å²) in [6.07, 6.45) is 2.08. The lowest BCUT2D eigenvalue weighted by molar-refractivity contribution is -0.384. The van der Waals surface area contributed by atoms with Crippen LogP contribution in [0, 0.1) is 14.9 Å². The van der Waals surface area contributed by atoms with Gasteiger partial charge in [0.05, 0.1) is 11.1 Å². The molecule has 0 spiro atoms. The third-order valence-electron chi connectivity index (χ3n) is 4.35. The first-order valence-electron chi connectivity index (χ1n) is 8.53. The summed E-state index contributed by atoms with van der Waals surface area (Å²) >= 11 is 5.29. The highest BCUT2D eigenvalue weighted by molar-refractivity contribution is 7.71. The third kappa shape index (κ3) is 3.58. The molecule has 0 fully saturated rings. The van der Waals surface area contributed by atoms with Crippen LogP contribution in [0.25, 0.3) is 10.8 Å². The molecule has 1 N–H and O–H groups in total. The molecule has 0 radical (unpaired) electrons. The smallest absolute Gasteiger partial charge is 0.258 e. The molecule has 0 saturated carbocycles. The van der Waals surface area contributed by atoms with Gasteiger partial charge < -0.3 is 0 Å². The zero-order valence-corrected chi connectivity index (χ0v) is 15.5. The highest BCUT2D eigenvalue weighted by Gasteiger charge is 2.09. The SMILES string of the molecule is O=[N+]([O-])c1cccc(/C=N\n2c(Cc3cccc4ccccc34)n[nH]c2=S)c1. The van der Waals surface area contributed by atoms with Crippen LogP contribution in [0.5, 0.6) is 0 Å². The molecule has 3 aromatic carbocycles. The average molecular weight is 389 g/mol. The van der Waals surface area contributed by atoms with E-state index in [1.165, 1.54) is 23.0 Å². The molecule has 0 aliphatic rings. The van der Waals surface area contributed by atoms with Gasteiger partial charge in [0.2, 0.25) is 4.77 Å². The number of benzene rings is 3. The quantitative estimate of drug-likeness (QED) is 0.236. The molecule has 28 heavy (non-hydrogen) atoms. The Bertz CT molecular complexity index is 1250. The van der Waals surface area contributed by atoms with Gasteiger partial charge in [-0.25, -0.2) is 0 Å². The number of rotatable bonds is 5. The molecular weight excluding hydrogens is 374 g/mol. The molecule has 0 amide bonds. The predicted molar refractivity (Wildman–Crippen MR) is 110 cm³/mol. The molecule has 1 heterocycles. The van der Waals surface area contributed by atoms with Crippen molar-refractivity contribution in [1.82, 2.24) is 14.9 Å². The van der Waals surface area contributed by atoms with Crippen molar-refractivity contribution in [2.45, 2.75) is 6.42 Å². The highest BCUT2D eigenvalue weighted by Crippen LogP contribution is 2.21. The van der Waals surface area contributed by atoms with Gasteiger partial charge in [-0.1, -0.05) is 54.6 Å². The molecule has 8 heteroatoms. The molecule has 1 aromatic heterocycles. The van der Waals surface area contributed by atoms with Crippen LogP contribution < -0.4 is 0 Å². The van der Waals surface area contributed by atoms with Crippen molar-refractivity contribution in [1.29, 1.82) is 0 Å². The van der Waals surface area contributed by atoms with Gasteiger partial charge in [0.1, 0.15) is 0 Å². The van der Waals surface area contributed by atoms with Gasteiger partial charge in [-0.05, 0) is 28.6 Å². The highest BCUT2D eigenvalue weighted by atomic mass is 32.1. The van der Waals surface area contributed by atoms with Crippen LogP contribution in [0.15, 0.2) is 71.8 Å². The number of H-pyrrole nitrogens is 1. The molecular formula is C20H15N5O2S. The maximum absolute atomic E-state index is 10.9. The maximum atomic E-state index is 10.9. The van der Waals surface area contributed by atoms with Crippen molar-refractivity contribution in [3.8, 4) is 0 Å². The summed E-state index contributed by atoms with van der Waals surface area (Å²) in [6, 6.07) is 20.5. The van der Waals surface area contributed by atoms with Crippen LogP contribution in [0.1, 0.15) is 17.0 Å². The number of aromatic nitrogens is 3. The minimum absolute atomic E-state index is 0.00993. The predicted octanol–water partition coefficient (Wildman–Crippen LogP) is 4.48. The van der Waals surface area contributed by atoms with Crippen molar-refractivity contribution < 1.29 is 4.92 Å². The normalized spacial score (nSPS) is 11.3. The topological polar surface area (TPSA) is 89.1 Å². The second-order valence-electron chi connectivity index (χ2n) is 6.17. The fourth-order valence-electron chi connectivity index (χ4n) is 3.02. The minimum atomic E-state index is -0.438. The second kappa shape index (κ2) is 7.53. The zero-order valence-electron chi connectivity index (χ0n) is 14.6. The number of hydrogen-bond donors (Lipinski definition) is 1. The minimum Gasteiger partial charge on any atom is -0.258 e. The Morgan fingerprint density at radius 1 is 1.14 bits per heavy atom. The first-order chi connectivity index (χ1) is 13.6. The largest absolute Gasteiger partial charge is 0.270 e. The summed E-state index contributed by atoms with van der Waals surface area (Å²) in [5.41, 5.74) is 1.73. The first-order valence-corrected chi connectivity index (χ1v) is 8.94. The summed E-state index contributed by atoms with van der Waals surface area (Å²) in [5, 5.41) is 24.7. The second-order valence-corrected chi connectivity index (χ2v) is 6.56. The van der Waals surface area contributed by atoms with Gasteiger partial charge in [0.15, 0.2) is 5.82 Å². The van der Waals surface area contributed by atoms with E-state index in [1.807, 2.05) is 18.2 Å². The number of nitro benzene ring substituents is 1. The summed E-state index contributed by atoms with van der Waals surface area (Å²) in [5.74, 6) is 0.656. The molecule has 4 rings (SSSR count). The van der Waals surface area contributed by atoms with Gasteiger partial charge in [-0.3, -0.25) is 15.2 Å². The summed E-state index contributed by atoms with van der Waals surface area (Å²) < 4.78 is 1.90. The summed E-state index contributed by atoms with van der Waals surface area (Å²) in [7, 11) is 0. The molecule has 4 aromatic rings. The summed E-state index contributed by atoms with van der Waals surface area (Å²) in [6.45, 7) is 0. The van der Waals surface area contributed by atoms with Crippen LogP contribution in [0.3, 0.4) is 0 Å². The molecule has 0 aliphatic heterocycles. The van der Waals surface area contributed by atoms with Gasteiger partial charge in [0.25, 0.3) is 5.69 Å². The van der Waals surface area contributed by atoms with Crippen molar-refractivity contribution in [2.24, 2.45) is 5.10 Å². The first kappa shape index (κ1) is 17.7. The number of non-ortho nitro benzene ring substituents is 1. The number of nitrogens with one attached hydrogen (secondary N) is 1. The molecule has 0 bridgehead atoms. The van der Waals surface area contributed by atoms with Gasteiger partial charge in [-0.15, -0.1) is 0 Å². The van der Waals surface area contributed by atoms with Gasteiger partial charge in [0, 0.05) is 24.1 Å². The Morgan fingerprint density at radius 2 is 1.93 bits per heavy atom. The van der Waals surface area contributed by atoms with Crippen LogP contribution in [0.2, 0.25) is 0 Å². The molecule has 0 aliphatic carbocycles. The number of nitro groups is 1. The molecule has 0 unspecified atom stereocenters. The van der Waals surface area contributed by atoms with Crippen LogP contribution >= 0.6 is 12.2 Å². The van der Waals surface area contributed by atoms with E-state index in [0.717, 1.165) is 16.3 Å². The van der Waals surface area contributed by atoms with Crippen molar-refractivity contribution in [3.63, 3.8) is 0 Å². The van der Waals surface area contributed by atoms with Crippen molar-refractivity contribution in [2.75, 3.05) is 0 Å². The van der Waals surface area contributed by atoms with E-state index < -0.39 is 4.92 Å². The van der Waals surface area contributed by atoms with E-state index in [9.17, 15) is 10.1 Å². The Labute approximate surface area is 165 Å². The lowest BCUT2D eigenvalue weighted by atomic mass is 10.0. The van der Waals surface area contributed by atoms with E-state index in [0.29, 0.717) is 22.6 Å². The Hall–Kier alpha value is -3.65. The number of nitrogens with zero attached hydrogens (tertiary/aromatic N) is 4.